The van der Waals surface area contributed by atoms with Crippen molar-refractivity contribution in [2.75, 3.05) is 7.11 Å². The molecule has 0 unspecified atom stereocenters. The van der Waals surface area contributed by atoms with E-state index < -0.39 is 5.97 Å². The van der Waals surface area contributed by atoms with Gasteiger partial charge < -0.3 is 14.2 Å². The number of ether oxygens (including phenoxy) is 1. The lowest BCUT2D eigenvalue weighted by molar-refractivity contribution is 0.0599. The van der Waals surface area contributed by atoms with Crippen LogP contribution in [0.2, 0.25) is 0 Å². The molecule has 2 aromatic carbocycles. The van der Waals surface area contributed by atoms with Crippen LogP contribution in [0, 0.1) is 6.92 Å². The maximum Gasteiger partial charge on any atom is 0.337 e. The van der Waals surface area contributed by atoms with Crippen LogP contribution in [0.4, 0.5) is 0 Å². The van der Waals surface area contributed by atoms with Gasteiger partial charge >= 0.3 is 5.97 Å². The van der Waals surface area contributed by atoms with E-state index in [9.17, 15) is 9.59 Å². The number of para-hydroxylation sites is 1. The number of esters is 1. The molecule has 1 amide bonds. The lowest BCUT2D eigenvalue weighted by Crippen LogP contribution is -2.26. The molecule has 0 radical (unpaired) electrons. The van der Waals surface area contributed by atoms with E-state index >= 15 is 0 Å². The van der Waals surface area contributed by atoms with Gasteiger partial charge in [0.2, 0.25) is 0 Å². The van der Waals surface area contributed by atoms with Crippen molar-refractivity contribution >= 4 is 11.9 Å². The molecule has 2 aromatic heterocycles. The van der Waals surface area contributed by atoms with E-state index in [4.69, 9.17) is 9.84 Å². The summed E-state index contributed by atoms with van der Waals surface area (Å²) in [5, 5.41) is 4.89. The second-order valence-electron chi connectivity index (χ2n) is 7.77. The van der Waals surface area contributed by atoms with Crippen molar-refractivity contribution in [2.45, 2.75) is 20.0 Å². The summed E-state index contributed by atoms with van der Waals surface area (Å²) in [6.07, 6.45) is 3.98. The quantitative estimate of drug-likeness (QED) is 0.464. The highest BCUT2D eigenvalue weighted by Crippen LogP contribution is 2.32. The monoisotopic (exact) mass is 426 g/mol. The average Bonchev–Trinajstić information content (AvgIpc) is 3.55. The van der Waals surface area contributed by atoms with Gasteiger partial charge in [-0.05, 0) is 55.0 Å². The molecule has 0 N–H and O–H groups in total. The SMILES string of the molecule is COC(=O)c1ccc(C(=O)N2Cc3nn(-c4ccccc4C)c(-n4cccc4)c3C2)cc1. The molecule has 1 aliphatic rings. The molecule has 32 heavy (non-hydrogen) atoms. The third-order valence-electron chi connectivity index (χ3n) is 5.76. The minimum atomic E-state index is -0.424. The largest absolute Gasteiger partial charge is 0.465 e. The van der Waals surface area contributed by atoms with Gasteiger partial charge in [0, 0.05) is 23.5 Å². The fraction of sp³-hybridized carbons (Fsp3) is 0.160. The molecule has 7 heteroatoms. The summed E-state index contributed by atoms with van der Waals surface area (Å²) in [7, 11) is 1.33. The molecule has 7 nitrogen and oxygen atoms in total. The summed E-state index contributed by atoms with van der Waals surface area (Å²) < 4.78 is 8.73. The highest BCUT2D eigenvalue weighted by molar-refractivity contribution is 5.96. The lowest BCUT2D eigenvalue weighted by Gasteiger charge is -2.18. The van der Waals surface area contributed by atoms with Crippen LogP contribution in [0.1, 0.15) is 37.5 Å². The summed E-state index contributed by atoms with van der Waals surface area (Å²) in [6, 6.07) is 18.6. The fourth-order valence-corrected chi connectivity index (χ4v) is 4.10. The van der Waals surface area contributed by atoms with E-state index in [1.54, 1.807) is 29.2 Å². The van der Waals surface area contributed by atoms with Gasteiger partial charge in [-0.25, -0.2) is 9.48 Å². The topological polar surface area (TPSA) is 69.4 Å². The summed E-state index contributed by atoms with van der Waals surface area (Å²) in [5.41, 5.74) is 5.00. The van der Waals surface area contributed by atoms with E-state index in [1.807, 2.05) is 45.9 Å². The highest BCUT2D eigenvalue weighted by atomic mass is 16.5. The van der Waals surface area contributed by atoms with Crippen molar-refractivity contribution in [2.24, 2.45) is 0 Å². The third-order valence-corrected chi connectivity index (χ3v) is 5.76. The molecule has 1 aliphatic heterocycles. The van der Waals surface area contributed by atoms with Crippen LogP contribution in [0.25, 0.3) is 11.5 Å². The van der Waals surface area contributed by atoms with E-state index in [1.165, 1.54) is 7.11 Å². The first-order valence-corrected chi connectivity index (χ1v) is 10.3. The van der Waals surface area contributed by atoms with Crippen LogP contribution in [0.15, 0.2) is 73.1 Å². The van der Waals surface area contributed by atoms with Crippen molar-refractivity contribution in [3.8, 4) is 11.5 Å². The van der Waals surface area contributed by atoms with Gasteiger partial charge in [-0.2, -0.15) is 5.10 Å². The highest BCUT2D eigenvalue weighted by Gasteiger charge is 2.32. The molecule has 3 heterocycles. The van der Waals surface area contributed by atoms with Gasteiger partial charge in [0.15, 0.2) is 0 Å². The fourth-order valence-electron chi connectivity index (χ4n) is 4.10. The Bertz CT molecular complexity index is 1300. The molecule has 4 aromatic rings. The predicted molar refractivity (Wildman–Crippen MR) is 119 cm³/mol. The Labute approximate surface area is 185 Å². The van der Waals surface area contributed by atoms with Crippen molar-refractivity contribution in [1.29, 1.82) is 0 Å². The molecule has 0 spiro atoms. The normalized spacial score (nSPS) is 12.6. The van der Waals surface area contributed by atoms with Gasteiger partial charge in [0.1, 0.15) is 5.82 Å². The number of carbonyl (C=O) groups is 2. The Hall–Kier alpha value is -4.13. The number of aryl methyl sites for hydroxylation is 1. The predicted octanol–water partition coefficient (Wildman–Crippen LogP) is 3.91. The minimum absolute atomic E-state index is 0.0969. The van der Waals surface area contributed by atoms with E-state index in [0.717, 1.165) is 28.3 Å². The number of rotatable bonds is 4. The number of amides is 1. The number of aromatic nitrogens is 3. The zero-order valence-corrected chi connectivity index (χ0v) is 17.9. The maximum atomic E-state index is 13.1. The van der Waals surface area contributed by atoms with E-state index in [2.05, 4.69) is 19.1 Å². The van der Waals surface area contributed by atoms with E-state index in [-0.39, 0.29) is 5.91 Å². The number of hydrogen-bond donors (Lipinski definition) is 0. The molecule has 0 saturated carbocycles. The van der Waals surface area contributed by atoms with Gasteiger partial charge in [-0.3, -0.25) is 4.79 Å². The number of nitrogens with zero attached hydrogens (tertiary/aromatic N) is 4. The molecule has 0 atom stereocenters. The van der Waals surface area contributed by atoms with Gasteiger partial charge in [-0.1, -0.05) is 18.2 Å². The number of hydrogen-bond acceptors (Lipinski definition) is 4. The van der Waals surface area contributed by atoms with Gasteiger partial charge in [0.05, 0.1) is 37.1 Å². The Morgan fingerprint density at radius 2 is 1.59 bits per heavy atom. The number of fused-ring (bicyclic) bond motifs is 1. The van der Waals surface area contributed by atoms with Gasteiger partial charge in [-0.15, -0.1) is 0 Å². The van der Waals surface area contributed by atoms with Crippen molar-refractivity contribution in [3.63, 3.8) is 0 Å². The standard InChI is InChI=1S/C25H22N4O3/c1-17-7-3-4-8-22(17)29-23(27-13-5-6-14-27)20-15-28(16-21(20)26-29)24(30)18-9-11-19(12-10-18)25(31)32-2/h3-14H,15-16H2,1-2H3. The average molecular weight is 426 g/mol. The molecule has 0 saturated heterocycles. The van der Waals surface area contributed by atoms with Crippen molar-refractivity contribution in [3.05, 3.63) is 101 Å². The molecule has 0 fully saturated rings. The van der Waals surface area contributed by atoms with Crippen LogP contribution >= 0.6 is 0 Å². The zero-order valence-electron chi connectivity index (χ0n) is 17.9. The van der Waals surface area contributed by atoms with Crippen LogP contribution in [-0.2, 0) is 17.8 Å². The summed E-state index contributed by atoms with van der Waals surface area (Å²) in [5.74, 6) is 0.419. The van der Waals surface area contributed by atoms with E-state index in [0.29, 0.717) is 24.2 Å². The Kier molecular flexibility index (Phi) is 4.86. The van der Waals surface area contributed by atoms with Crippen LogP contribution in [-0.4, -0.2) is 38.2 Å². The molecular weight excluding hydrogens is 404 g/mol. The van der Waals surface area contributed by atoms with Crippen molar-refractivity contribution < 1.29 is 14.3 Å². The summed E-state index contributed by atoms with van der Waals surface area (Å²) in [6.45, 7) is 2.96. The smallest absolute Gasteiger partial charge is 0.337 e. The molecular formula is C25H22N4O3. The minimum Gasteiger partial charge on any atom is -0.465 e. The summed E-state index contributed by atoms with van der Waals surface area (Å²) in [4.78, 5) is 26.6. The Morgan fingerprint density at radius 1 is 0.906 bits per heavy atom. The zero-order chi connectivity index (χ0) is 22.2. The summed E-state index contributed by atoms with van der Waals surface area (Å²) >= 11 is 0. The van der Waals surface area contributed by atoms with Crippen LogP contribution in [0.3, 0.4) is 0 Å². The molecule has 160 valence electrons. The number of methoxy groups -OCH3 is 1. The van der Waals surface area contributed by atoms with Crippen LogP contribution in [0.5, 0.6) is 0 Å². The van der Waals surface area contributed by atoms with Crippen LogP contribution < -0.4 is 0 Å². The first-order chi connectivity index (χ1) is 15.6. The first kappa shape index (κ1) is 19.8. The third kappa shape index (κ3) is 3.28. The molecule has 0 aliphatic carbocycles. The first-order valence-electron chi connectivity index (χ1n) is 10.3. The van der Waals surface area contributed by atoms with Crippen molar-refractivity contribution in [1.82, 2.24) is 19.2 Å². The molecule has 5 rings (SSSR count). The maximum absolute atomic E-state index is 13.1. The number of benzene rings is 2. The second-order valence-corrected chi connectivity index (χ2v) is 7.77. The second kappa shape index (κ2) is 7.85. The Morgan fingerprint density at radius 3 is 2.28 bits per heavy atom. The number of carbonyl (C=O) groups excluding carboxylic acids is 2. The lowest BCUT2D eigenvalue weighted by atomic mass is 10.1. The molecule has 0 bridgehead atoms. The Balaban J connectivity index is 1.48. The van der Waals surface area contributed by atoms with Gasteiger partial charge in [0.25, 0.3) is 5.91 Å².